The molecule has 4 nitrogen and oxygen atoms in total. The summed E-state index contributed by atoms with van der Waals surface area (Å²) in [6.07, 6.45) is 7.01. The highest BCUT2D eigenvalue weighted by Gasteiger charge is 2.36. The van der Waals surface area contributed by atoms with E-state index in [1.807, 2.05) is 35.6 Å². The summed E-state index contributed by atoms with van der Waals surface area (Å²) in [5.41, 5.74) is 6.10. The van der Waals surface area contributed by atoms with Gasteiger partial charge in [0.2, 0.25) is 0 Å². The van der Waals surface area contributed by atoms with Gasteiger partial charge >= 0.3 is 6.03 Å². The van der Waals surface area contributed by atoms with Gasteiger partial charge in [-0.15, -0.1) is 11.3 Å². The monoisotopic (exact) mass is 419 g/mol. The van der Waals surface area contributed by atoms with E-state index in [0.29, 0.717) is 12.5 Å². The summed E-state index contributed by atoms with van der Waals surface area (Å²) in [6, 6.07) is 12.4. The number of hydrogen-bond donors (Lipinski definition) is 1. The van der Waals surface area contributed by atoms with E-state index in [9.17, 15) is 4.79 Å². The number of anilines is 1. The summed E-state index contributed by atoms with van der Waals surface area (Å²) < 4.78 is 2.35. The average molecular weight is 420 g/mol. The molecule has 0 bridgehead atoms. The molecule has 1 atom stereocenters. The quantitative estimate of drug-likeness (QED) is 0.508. The third kappa shape index (κ3) is 3.25. The minimum atomic E-state index is -0.0195. The van der Waals surface area contributed by atoms with Crippen LogP contribution in [0, 0.1) is 12.8 Å². The van der Waals surface area contributed by atoms with E-state index in [-0.39, 0.29) is 12.1 Å². The number of rotatable bonds is 2. The predicted molar refractivity (Wildman–Crippen MR) is 124 cm³/mol. The molecule has 5 rings (SSSR count). The van der Waals surface area contributed by atoms with Crippen LogP contribution in [0.4, 0.5) is 10.5 Å². The van der Waals surface area contributed by atoms with E-state index in [0.717, 1.165) is 12.1 Å². The SMILES string of the molecule is Cc1ccc(NC(=O)N2Cc3c(sc4c3CCCC4)-n3cccc3[C@H]2C(C)C)cc1. The molecule has 0 unspecified atom stereocenters. The van der Waals surface area contributed by atoms with Crippen LogP contribution < -0.4 is 5.32 Å². The Kier molecular flexibility index (Phi) is 4.94. The maximum Gasteiger partial charge on any atom is 0.322 e. The zero-order valence-electron chi connectivity index (χ0n) is 17.9. The predicted octanol–water partition coefficient (Wildman–Crippen LogP) is 6.47. The van der Waals surface area contributed by atoms with Crippen LogP contribution in [-0.4, -0.2) is 15.5 Å². The van der Waals surface area contributed by atoms with E-state index in [2.05, 4.69) is 53.9 Å². The number of aromatic nitrogens is 1. The number of thiophene rings is 1. The number of amides is 2. The van der Waals surface area contributed by atoms with Crippen molar-refractivity contribution in [2.24, 2.45) is 5.92 Å². The summed E-state index contributed by atoms with van der Waals surface area (Å²) in [5.74, 6) is 0.312. The molecule has 1 N–H and O–H groups in total. The maximum absolute atomic E-state index is 13.6. The second-order valence-corrected chi connectivity index (χ2v) is 9.99. The van der Waals surface area contributed by atoms with Crippen molar-refractivity contribution >= 4 is 23.1 Å². The van der Waals surface area contributed by atoms with Gasteiger partial charge in [-0.2, -0.15) is 0 Å². The van der Waals surface area contributed by atoms with Crippen LogP contribution in [0.15, 0.2) is 42.6 Å². The molecule has 1 aliphatic heterocycles. The minimum absolute atomic E-state index is 0.0195. The summed E-state index contributed by atoms with van der Waals surface area (Å²) in [4.78, 5) is 17.1. The Morgan fingerprint density at radius 1 is 1.10 bits per heavy atom. The first-order valence-electron chi connectivity index (χ1n) is 11.0. The standard InChI is InChI=1S/C25H29N3OS/c1-16(2)23-21-8-6-14-27(21)24-20(19-7-4-5-9-22(19)30-24)15-28(23)25(29)26-18-12-10-17(3)11-13-18/h6,8,10-14,16,23H,4-5,7,9,15H2,1-3H3,(H,26,29)/t23-/m1/s1. The summed E-state index contributed by atoms with van der Waals surface area (Å²) in [6.45, 7) is 7.15. The maximum atomic E-state index is 13.6. The van der Waals surface area contributed by atoms with Crippen LogP contribution in [0.25, 0.3) is 5.00 Å². The van der Waals surface area contributed by atoms with E-state index in [4.69, 9.17) is 0 Å². The molecule has 2 amide bonds. The Bertz CT molecular complexity index is 1080. The molecule has 30 heavy (non-hydrogen) atoms. The van der Waals surface area contributed by atoms with E-state index in [1.54, 1.807) is 0 Å². The van der Waals surface area contributed by atoms with Gasteiger partial charge in [0.25, 0.3) is 0 Å². The number of urea groups is 1. The lowest BCUT2D eigenvalue weighted by Crippen LogP contribution is -2.39. The molecule has 0 radical (unpaired) electrons. The van der Waals surface area contributed by atoms with E-state index >= 15 is 0 Å². The largest absolute Gasteiger partial charge is 0.322 e. The highest BCUT2D eigenvalue weighted by Crippen LogP contribution is 2.44. The molecule has 3 aromatic rings. The highest BCUT2D eigenvalue weighted by molar-refractivity contribution is 7.15. The van der Waals surface area contributed by atoms with Gasteiger partial charge in [0.15, 0.2) is 0 Å². The van der Waals surface area contributed by atoms with Crippen LogP contribution in [0.1, 0.15) is 60.0 Å². The van der Waals surface area contributed by atoms with Crippen molar-refractivity contribution in [2.45, 2.75) is 59.0 Å². The zero-order chi connectivity index (χ0) is 20.8. The lowest BCUT2D eigenvalue weighted by Gasteiger charge is -2.33. The minimum Gasteiger partial charge on any atom is -0.311 e. The fourth-order valence-electron chi connectivity index (χ4n) is 4.95. The lowest BCUT2D eigenvalue weighted by molar-refractivity contribution is 0.161. The molecule has 0 spiro atoms. The second-order valence-electron chi connectivity index (χ2n) is 8.91. The number of carbonyl (C=O) groups is 1. The molecule has 3 heterocycles. The summed E-state index contributed by atoms with van der Waals surface area (Å²) >= 11 is 1.94. The Morgan fingerprint density at radius 2 is 1.87 bits per heavy atom. The van der Waals surface area contributed by atoms with Crippen molar-refractivity contribution < 1.29 is 4.79 Å². The van der Waals surface area contributed by atoms with Crippen LogP contribution >= 0.6 is 11.3 Å². The van der Waals surface area contributed by atoms with Crippen molar-refractivity contribution in [3.05, 3.63) is 69.9 Å². The highest BCUT2D eigenvalue weighted by atomic mass is 32.1. The van der Waals surface area contributed by atoms with Gasteiger partial charge in [0, 0.05) is 28.0 Å². The summed E-state index contributed by atoms with van der Waals surface area (Å²) in [5, 5.41) is 4.48. The second kappa shape index (κ2) is 7.62. The average Bonchev–Trinajstić information content (AvgIpc) is 3.31. The number of nitrogens with zero attached hydrogens (tertiary/aromatic N) is 2. The molecule has 2 aliphatic rings. The van der Waals surface area contributed by atoms with Gasteiger partial charge in [0.1, 0.15) is 5.00 Å². The number of hydrogen-bond acceptors (Lipinski definition) is 2. The zero-order valence-corrected chi connectivity index (χ0v) is 18.8. The Morgan fingerprint density at radius 3 is 2.63 bits per heavy atom. The van der Waals surface area contributed by atoms with Gasteiger partial charge in [-0.1, -0.05) is 31.5 Å². The van der Waals surface area contributed by atoms with E-state index in [1.165, 1.54) is 51.5 Å². The first kappa shape index (κ1) is 19.4. The normalized spacial score (nSPS) is 17.9. The van der Waals surface area contributed by atoms with Crippen molar-refractivity contribution in [2.75, 3.05) is 5.32 Å². The topological polar surface area (TPSA) is 37.3 Å². The Labute approximate surface area is 182 Å². The van der Waals surface area contributed by atoms with Gasteiger partial charge in [-0.05, 0) is 68.4 Å². The van der Waals surface area contributed by atoms with Gasteiger partial charge in [0.05, 0.1) is 12.6 Å². The lowest BCUT2D eigenvalue weighted by atomic mass is 9.94. The molecule has 5 heteroatoms. The smallest absolute Gasteiger partial charge is 0.311 e. The molecular formula is C25H29N3OS. The first-order chi connectivity index (χ1) is 14.5. The van der Waals surface area contributed by atoms with Gasteiger partial charge < -0.3 is 14.8 Å². The van der Waals surface area contributed by atoms with E-state index < -0.39 is 0 Å². The molecule has 1 aromatic carbocycles. The first-order valence-corrected chi connectivity index (χ1v) is 11.8. The van der Waals surface area contributed by atoms with Crippen molar-refractivity contribution in [3.63, 3.8) is 0 Å². The fraction of sp³-hybridized carbons (Fsp3) is 0.400. The molecule has 1 aliphatic carbocycles. The molecule has 0 fully saturated rings. The molecule has 0 saturated heterocycles. The van der Waals surface area contributed by atoms with Crippen LogP contribution in [0.3, 0.4) is 0 Å². The van der Waals surface area contributed by atoms with Crippen LogP contribution in [0.2, 0.25) is 0 Å². The number of carbonyl (C=O) groups excluding carboxylic acids is 1. The molecule has 0 saturated carbocycles. The van der Waals surface area contributed by atoms with Crippen molar-refractivity contribution in [1.29, 1.82) is 0 Å². The number of aryl methyl sites for hydroxylation is 2. The number of nitrogens with one attached hydrogen (secondary N) is 1. The number of benzene rings is 1. The number of fused-ring (bicyclic) bond motifs is 5. The third-order valence-electron chi connectivity index (χ3n) is 6.42. The van der Waals surface area contributed by atoms with Crippen LogP contribution in [-0.2, 0) is 19.4 Å². The third-order valence-corrected chi connectivity index (χ3v) is 7.75. The van der Waals surface area contributed by atoms with Crippen molar-refractivity contribution in [1.82, 2.24) is 9.47 Å². The molecule has 156 valence electrons. The molecule has 2 aromatic heterocycles. The van der Waals surface area contributed by atoms with Crippen LogP contribution in [0.5, 0.6) is 0 Å². The Hall–Kier alpha value is -2.53. The Balaban J connectivity index is 1.58. The van der Waals surface area contributed by atoms with Gasteiger partial charge in [-0.25, -0.2) is 4.79 Å². The molecular weight excluding hydrogens is 390 g/mol. The van der Waals surface area contributed by atoms with Gasteiger partial charge in [-0.3, -0.25) is 0 Å². The van der Waals surface area contributed by atoms with Crippen molar-refractivity contribution in [3.8, 4) is 5.00 Å². The summed E-state index contributed by atoms with van der Waals surface area (Å²) in [7, 11) is 0. The fourth-order valence-corrected chi connectivity index (χ4v) is 6.36.